The van der Waals surface area contributed by atoms with Crippen LogP contribution in [0, 0.1) is 17.5 Å². The summed E-state index contributed by atoms with van der Waals surface area (Å²) in [5.41, 5.74) is 0.430. The molecule has 33 heavy (non-hydrogen) atoms. The van der Waals surface area contributed by atoms with Crippen molar-refractivity contribution in [1.29, 1.82) is 0 Å². The zero-order valence-corrected chi connectivity index (χ0v) is 17.3. The minimum absolute atomic E-state index is 0.0717. The van der Waals surface area contributed by atoms with Crippen molar-refractivity contribution in [3.63, 3.8) is 0 Å². The van der Waals surface area contributed by atoms with Crippen molar-refractivity contribution in [3.05, 3.63) is 87.6 Å². The topological polar surface area (TPSA) is 44.8 Å². The fourth-order valence-electron chi connectivity index (χ4n) is 4.17. The molecule has 2 aromatic carbocycles. The first kappa shape index (κ1) is 21.6. The molecule has 0 radical (unpaired) electrons. The normalized spacial score (nSPS) is 16.3. The number of benzene rings is 2. The van der Waals surface area contributed by atoms with Gasteiger partial charge in [0, 0.05) is 41.1 Å². The Bertz CT molecular complexity index is 1370. The molecular weight excluding hydrogens is 470 g/mol. The molecule has 1 aliphatic heterocycles. The van der Waals surface area contributed by atoms with Gasteiger partial charge in [-0.3, -0.25) is 0 Å². The van der Waals surface area contributed by atoms with Crippen molar-refractivity contribution in [2.75, 3.05) is 11.4 Å². The molecular formula is C22H13ClF6N4. The van der Waals surface area contributed by atoms with Crippen LogP contribution in [-0.2, 0) is 12.6 Å². The van der Waals surface area contributed by atoms with Crippen LogP contribution in [0.25, 0.3) is 10.9 Å². The highest BCUT2D eigenvalue weighted by atomic mass is 35.5. The molecule has 0 amide bonds. The smallest absolute Gasteiger partial charge is 0.356 e. The van der Waals surface area contributed by atoms with Crippen LogP contribution in [0.3, 0.4) is 0 Å². The number of aromatic amines is 1. The second-order valence-corrected chi connectivity index (χ2v) is 7.99. The molecule has 4 nitrogen and oxygen atoms in total. The third-order valence-electron chi connectivity index (χ3n) is 5.67. The van der Waals surface area contributed by atoms with Gasteiger partial charge in [0.05, 0.1) is 10.6 Å². The number of halogens is 7. The molecule has 4 aromatic rings. The summed E-state index contributed by atoms with van der Waals surface area (Å²) in [4.78, 5) is 12.2. The number of H-pyrrole nitrogens is 1. The summed E-state index contributed by atoms with van der Waals surface area (Å²) in [6, 6.07) is 5.30. The molecule has 0 spiro atoms. The van der Waals surface area contributed by atoms with Gasteiger partial charge in [0.15, 0.2) is 11.6 Å². The maximum atomic E-state index is 14.9. The molecule has 0 saturated heterocycles. The van der Waals surface area contributed by atoms with Gasteiger partial charge in [-0.25, -0.2) is 23.1 Å². The minimum Gasteiger partial charge on any atom is -0.356 e. The van der Waals surface area contributed by atoms with E-state index < -0.39 is 35.2 Å². The molecule has 170 valence electrons. The average Bonchev–Trinajstić information content (AvgIpc) is 3.12. The second kappa shape index (κ2) is 7.65. The van der Waals surface area contributed by atoms with Crippen LogP contribution in [0.15, 0.2) is 42.7 Å². The summed E-state index contributed by atoms with van der Waals surface area (Å²) in [5, 5.41) is 0.525. The Morgan fingerprint density at radius 3 is 2.45 bits per heavy atom. The standard InChI is InChI=1S/C22H13ClF6N4/c23-14-6-13-11-4-5-33(21-30-8-10(9-31-21)22(27,28)29)20(12-2-1-3-15(24)18(12)26)19(11)32-17(13)7-16(14)25/h1-3,6-9,20,32H,4-5H2. The van der Waals surface area contributed by atoms with Crippen LogP contribution in [-0.4, -0.2) is 21.5 Å². The molecule has 5 rings (SSSR count). The molecule has 1 atom stereocenters. The minimum atomic E-state index is -4.62. The molecule has 0 fully saturated rings. The number of fused-ring (bicyclic) bond motifs is 3. The van der Waals surface area contributed by atoms with Crippen molar-refractivity contribution >= 4 is 28.5 Å². The van der Waals surface area contributed by atoms with Gasteiger partial charge in [-0.15, -0.1) is 0 Å². The zero-order valence-electron chi connectivity index (χ0n) is 16.5. The van der Waals surface area contributed by atoms with Crippen molar-refractivity contribution < 1.29 is 26.3 Å². The second-order valence-electron chi connectivity index (χ2n) is 7.59. The lowest BCUT2D eigenvalue weighted by Gasteiger charge is -2.36. The number of hydrogen-bond acceptors (Lipinski definition) is 3. The number of nitrogens with zero attached hydrogens (tertiary/aromatic N) is 3. The van der Waals surface area contributed by atoms with Gasteiger partial charge >= 0.3 is 6.18 Å². The summed E-state index contributed by atoms with van der Waals surface area (Å²) < 4.78 is 81.9. The third kappa shape index (κ3) is 3.58. The maximum absolute atomic E-state index is 14.9. The number of nitrogens with one attached hydrogen (secondary N) is 1. The number of rotatable bonds is 2. The highest BCUT2D eigenvalue weighted by Crippen LogP contribution is 2.42. The van der Waals surface area contributed by atoms with Crippen LogP contribution in [0.4, 0.5) is 32.3 Å². The molecule has 2 aromatic heterocycles. The van der Waals surface area contributed by atoms with Gasteiger partial charge in [0.1, 0.15) is 11.9 Å². The first-order valence-electron chi connectivity index (χ1n) is 9.74. The highest BCUT2D eigenvalue weighted by molar-refractivity contribution is 6.31. The van der Waals surface area contributed by atoms with E-state index in [0.717, 1.165) is 6.07 Å². The number of anilines is 1. The van der Waals surface area contributed by atoms with Crippen molar-refractivity contribution in [3.8, 4) is 0 Å². The van der Waals surface area contributed by atoms with E-state index in [0.29, 0.717) is 41.0 Å². The highest BCUT2D eigenvalue weighted by Gasteiger charge is 2.37. The third-order valence-corrected chi connectivity index (χ3v) is 5.96. The van der Waals surface area contributed by atoms with E-state index in [4.69, 9.17) is 11.6 Å². The summed E-state index contributed by atoms with van der Waals surface area (Å²) in [5.74, 6) is -2.95. The van der Waals surface area contributed by atoms with E-state index in [-0.39, 0.29) is 23.1 Å². The van der Waals surface area contributed by atoms with Crippen molar-refractivity contribution in [1.82, 2.24) is 15.0 Å². The monoisotopic (exact) mass is 482 g/mol. The maximum Gasteiger partial charge on any atom is 0.419 e. The molecule has 0 saturated carbocycles. The molecule has 3 heterocycles. The molecule has 0 aliphatic carbocycles. The van der Waals surface area contributed by atoms with Crippen molar-refractivity contribution in [2.45, 2.75) is 18.6 Å². The van der Waals surface area contributed by atoms with E-state index in [1.165, 1.54) is 29.2 Å². The van der Waals surface area contributed by atoms with E-state index >= 15 is 0 Å². The predicted molar refractivity (Wildman–Crippen MR) is 110 cm³/mol. The number of alkyl halides is 3. The lowest BCUT2D eigenvalue weighted by atomic mass is 9.92. The van der Waals surface area contributed by atoms with Crippen molar-refractivity contribution in [2.24, 2.45) is 0 Å². The molecule has 11 heteroatoms. The Hall–Kier alpha value is -3.27. The average molecular weight is 483 g/mol. The quantitative estimate of drug-likeness (QED) is 0.346. The number of hydrogen-bond donors (Lipinski definition) is 1. The summed E-state index contributed by atoms with van der Waals surface area (Å²) >= 11 is 5.94. The lowest BCUT2D eigenvalue weighted by molar-refractivity contribution is -0.138. The molecule has 1 aliphatic rings. The summed E-state index contributed by atoms with van der Waals surface area (Å²) in [6.07, 6.45) is -2.99. The van der Waals surface area contributed by atoms with E-state index in [1.807, 2.05) is 0 Å². The number of aromatic nitrogens is 3. The van der Waals surface area contributed by atoms with Crippen LogP contribution in [0.1, 0.15) is 28.4 Å². The molecule has 1 unspecified atom stereocenters. The molecule has 1 N–H and O–H groups in total. The van der Waals surface area contributed by atoms with Gasteiger partial charge in [0.25, 0.3) is 0 Å². The van der Waals surface area contributed by atoms with Crippen LogP contribution < -0.4 is 4.90 Å². The van der Waals surface area contributed by atoms with E-state index in [9.17, 15) is 26.3 Å². The lowest BCUT2D eigenvalue weighted by Crippen LogP contribution is -2.38. The fourth-order valence-corrected chi connectivity index (χ4v) is 4.34. The Morgan fingerprint density at radius 2 is 1.76 bits per heavy atom. The van der Waals surface area contributed by atoms with Gasteiger partial charge in [-0.1, -0.05) is 23.7 Å². The van der Waals surface area contributed by atoms with Gasteiger partial charge in [0.2, 0.25) is 5.95 Å². The predicted octanol–water partition coefficient (Wildman–Crippen LogP) is 6.20. The Balaban J connectivity index is 1.70. The Labute approximate surface area is 187 Å². The van der Waals surface area contributed by atoms with Crippen LogP contribution >= 0.6 is 11.6 Å². The van der Waals surface area contributed by atoms with E-state index in [1.54, 1.807) is 0 Å². The zero-order chi connectivity index (χ0) is 23.5. The summed E-state index contributed by atoms with van der Waals surface area (Å²) in [7, 11) is 0. The first-order valence-corrected chi connectivity index (χ1v) is 10.1. The fraction of sp³-hybridized carbons (Fsp3) is 0.182. The SMILES string of the molecule is Fc1cc2[nH]c3c(c2cc1Cl)CCN(c1ncc(C(F)(F)F)cn1)C3c1cccc(F)c1F. The summed E-state index contributed by atoms with van der Waals surface area (Å²) in [6.45, 7) is 0.181. The Kier molecular flexibility index (Phi) is 5.00. The first-order chi connectivity index (χ1) is 15.6. The van der Waals surface area contributed by atoms with Crippen LogP contribution in [0.2, 0.25) is 5.02 Å². The van der Waals surface area contributed by atoms with Gasteiger partial charge < -0.3 is 9.88 Å². The van der Waals surface area contributed by atoms with Gasteiger partial charge in [-0.05, 0) is 30.2 Å². The van der Waals surface area contributed by atoms with E-state index in [2.05, 4.69) is 15.0 Å². The van der Waals surface area contributed by atoms with Crippen LogP contribution in [0.5, 0.6) is 0 Å². The van der Waals surface area contributed by atoms with Gasteiger partial charge in [-0.2, -0.15) is 13.2 Å². The molecule has 0 bridgehead atoms. The largest absolute Gasteiger partial charge is 0.419 e. The Morgan fingerprint density at radius 1 is 1.03 bits per heavy atom.